The van der Waals surface area contributed by atoms with Crippen LogP contribution in [0.2, 0.25) is 0 Å². The molecule has 3 aliphatic heterocycles. The number of carbonyl (C=O) groups is 2. The van der Waals surface area contributed by atoms with E-state index in [1.807, 2.05) is 37.3 Å². The Morgan fingerprint density at radius 2 is 1.81 bits per heavy atom. The van der Waals surface area contributed by atoms with Gasteiger partial charge in [-0.15, -0.1) is 0 Å². The van der Waals surface area contributed by atoms with Crippen molar-refractivity contribution in [2.24, 2.45) is 5.92 Å². The molecule has 0 aromatic heterocycles. The summed E-state index contributed by atoms with van der Waals surface area (Å²) in [5.41, 5.74) is 2.96. The Hall–Kier alpha value is -3.22. The van der Waals surface area contributed by atoms with E-state index in [9.17, 15) is 9.59 Å². The second-order valence-electron chi connectivity index (χ2n) is 8.28. The molecule has 0 bridgehead atoms. The Labute approximate surface area is 181 Å². The van der Waals surface area contributed by atoms with Crippen LogP contribution in [0.3, 0.4) is 0 Å². The first kappa shape index (κ1) is 19.7. The van der Waals surface area contributed by atoms with Gasteiger partial charge in [-0.1, -0.05) is 12.1 Å². The summed E-state index contributed by atoms with van der Waals surface area (Å²) in [5.74, 6) is 1.70. The Bertz CT molecular complexity index is 1020. The molecule has 0 saturated carbocycles. The average Bonchev–Trinajstić information content (AvgIpc) is 3.20. The van der Waals surface area contributed by atoms with E-state index in [1.54, 1.807) is 4.90 Å². The molecule has 1 saturated heterocycles. The molecule has 7 heteroatoms. The molecule has 5 rings (SSSR count). The van der Waals surface area contributed by atoms with Gasteiger partial charge in [0.2, 0.25) is 11.8 Å². The van der Waals surface area contributed by atoms with Gasteiger partial charge in [0, 0.05) is 24.7 Å². The van der Waals surface area contributed by atoms with Crippen LogP contribution in [0.15, 0.2) is 36.4 Å². The molecule has 3 heterocycles. The monoisotopic (exact) mass is 422 g/mol. The summed E-state index contributed by atoms with van der Waals surface area (Å²) in [4.78, 5) is 27.2. The molecule has 31 heavy (non-hydrogen) atoms. The number of nitrogens with zero attached hydrogens (tertiary/aromatic N) is 1. The number of carbonyl (C=O) groups excluding carboxylic acids is 2. The molecule has 1 fully saturated rings. The second-order valence-corrected chi connectivity index (χ2v) is 8.28. The first-order chi connectivity index (χ1) is 15.1. The Morgan fingerprint density at radius 3 is 2.68 bits per heavy atom. The van der Waals surface area contributed by atoms with E-state index in [2.05, 4.69) is 11.4 Å². The van der Waals surface area contributed by atoms with Gasteiger partial charge in [0.05, 0.1) is 18.6 Å². The molecule has 0 aliphatic carbocycles. The molecule has 2 aromatic carbocycles. The minimum atomic E-state index is -0.385. The van der Waals surface area contributed by atoms with Crippen molar-refractivity contribution in [2.75, 3.05) is 31.3 Å². The third kappa shape index (κ3) is 3.92. The van der Waals surface area contributed by atoms with Crippen LogP contribution >= 0.6 is 0 Å². The number of rotatable bonds is 4. The molecule has 2 aromatic rings. The summed E-state index contributed by atoms with van der Waals surface area (Å²) in [7, 11) is 0. The number of aryl methyl sites for hydroxylation is 1. The molecular formula is C24H26N2O5. The van der Waals surface area contributed by atoms with Gasteiger partial charge in [0.25, 0.3) is 0 Å². The topological polar surface area (TPSA) is 77.1 Å². The molecular weight excluding hydrogens is 396 g/mol. The van der Waals surface area contributed by atoms with Crippen LogP contribution in [-0.4, -0.2) is 38.2 Å². The molecule has 0 unspecified atom stereocenters. The number of hydrogen-bond donors (Lipinski definition) is 1. The number of fused-ring (bicyclic) bond motifs is 2. The maximum Gasteiger partial charge on any atom is 0.227 e. The lowest BCUT2D eigenvalue weighted by atomic mass is 9.99. The van der Waals surface area contributed by atoms with Crippen LogP contribution in [0, 0.1) is 5.92 Å². The number of amides is 2. The smallest absolute Gasteiger partial charge is 0.227 e. The van der Waals surface area contributed by atoms with Crippen LogP contribution in [0.25, 0.3) is 0 Å². The first-order valence-electron chi connectivity index (χ1n) is 10.8. The summed E-state index contributed by atoms with van der Waals surface area (Å²) in [6, 6.07) is 11.4. The lowest BCUT2D eigenvalue weighted by Crippen LogP contribution is -2.34. The lowest BCUT2D eigenvalue weighted by molar-refractivity contribution is -0.126. The Morgan fingerprint density at radius 1 is 1.03 bits per heavy atom. The third-order valence-corrected chi connectivity index (χ3v) is 6.12. The van der Waals surface area contributed by atoms with E-state index < -0.39 is 0 Å². The molecule has 1 N–H and O–H groups in total. The van der Waals surface area contributed by atoms with E-state index in [0.717, 1.165) is 36.4 Å². The molecule has 2 amide bonds. The fourth-order valence-electron chi connectivity index (χ4n) is 4.40. The lowest BCUT2D eigenvalue weighted by Gasteiger charge is -2.23. The van der Waals surface area contributed by atoms with E-state index in [4.69, 9.17) is 14.2 Å². The SMILES string of the molecule is C[C@@H](NC(=O)[C@@H]1CC(=O)N(c2ccc3c(c2)OCCO3)C1)c1ccc2c(c1)CCCO2. The molecule has 0 spiro atoms. The van der Waals surface area contributed by atoms with Crippen molar-refractivity contribution in [2.45, 2.75) is 32.2 Å². The van der Waals surface area contributed by atoms with Gasteiger partial charge in [-0.3, -0.25) is 9.59 Å². The average molecular weight is 422 g/mol. The fraction of sp³-hybridized carbons (Fsp3) is 0.417. The highest BCUT2D eigenvalue weighted by molar-refractivity contribution is 6.00. The van der Waals surface area contributed by atoms with Gasteiger partial charge in [0.1, 0.15) is 19.0 Å². The molecule has 162 valence electrons. The zero-order chi connectivity index (χ0) is 21.4. The Kier molecular flexibility index (Phi) is 5.18. The number of nitrogens with one attached hydrogen (secondary N) is 1. The highest BCUT2D eigenvalue weighted by Gasteiger charge is 2.36. The minimum absolute atomic E-state index is 0.0598. The van der Waals surface area contributed by atoms with Gasteiger partial charge in [-0.05, 0) is 49.1 Å². The predicted molar refractivity (Wildman–Crippen MR) is 115 cm³/mol. The van der Waals surface area contributed by atoms with E-state index in [-0.39, 0.29) is 30.2 Å². The third-order valence-electron chi connectivity index (χ3n) is 6.12. The van der Waals surface area contributed by atoms with E-state index in [0.29, 0.717) is 31.3 Å². The summed E-state index contributed by atoms with van der Waals surface area (Å²) < 4.78 is 16.8. The van der Waals surface area contributed by atoms with Crippen molar-refractivity contribution in [3.8, 4) is 17.2 Å². The highest BCUT2D eigenvalue weighted by atomic mass is 16.6. The van der Waals surface area contributed by atoms with Crippen molar-refractivity contribution in [1.29, 1.82) is 0 Å². The number of ether oxygens (including phenoxy) is 3. The highest BCUT2D eigenvalue weighted by Crippen LogP contribution is 2.36. The summed E-state index contributed by atoms with van der Waals surface area (Å²) >= 11 is 0. The zero-order valence-corrected chi connectivity index (χ0v) is 17.6. The van der Waals surface area contributed by atoms with Gasteiger partial charge >= 0.3 is 0 Å². The molecule has 0 radical (unpaired) electrons. The number of benzene rings is 2. The zero-order valence-electron chi connectivity index (χ0n) is 17.6. The normalized spacial score (nSPS) is 20.6. The van der Waals surface area contributed by atoms with Crippen LogP contribution in [0.1, 0.15) is 36.9 Å². The van der Waals surface area contributed by atoms with Crippen molar-refractivity contribution < 1.29 is 23.8 Å². The quantitative estimate of drug-likeness (QED) is 0.820. The summed E-state index contributed by atoms with van der Waals surface area (Å²) in [6.45, 7) is 4.09. The molecule has 7 nitrogen and oxygen atoms in total. The molecule has 3 aliphatic rings. The Balaban J connectivity index is 1.25. The van der Waals surface area contributed by atoms with Crippen molar-refractivity contribution >= 4 is 17.5 Å². The van der Waals surface area contributed by atoms with E-state index >= 15 is 0 Å². The summed E-state index contributed by atoms with van der Waals surface area (Å²) in [5, 5.41) is 3.08. The van der Waals surface area contributed by atoms with Crippen LogP contribution in [-0.2, 0) is 16.0 Å². The largest absolute Gasteiger partial charge is 0.493 e. The van der Waals surface area contributed by atoms with Gasteiger partial charge in [-0.2, -0.15) is 0 Å². The molecule has 2 atom stereocenters. The minimum Gasteiger partial charge on any atom is -0.493 e. The predicted octanol–water partition coefficient (Wildman–Crippen LogP) is 3.01. The maximum absolute atomic E-state index is 12.9. The first-order valence-corrected chi connectivity index (χ1v) is 10.8. The van der Waals surface area contributed by atoms with Crippen molar-refractivity contribution in [1.82, 2.24) is 5.32 Å². The van der Waals surface area contributed by atoms with Crippen LogP contribution in [0.4, 0.5) is 5.69 Å². The maximum atomic E-state index is 12.9. The van der Waals surface area contributed by atoms with Gasteiger partial charge < -0.3 is 24.4 Å². The van der Waals surface area contributed by atoms with Crippen LogP contribution < -0.4 is 24.4 Å². The van der Waals surface area contributed by atoms with E-state index in [1.165, 1.54) is 5.56 Å². The van der Waals surface area contributed by atoms with Gasteiger partial charge in [-0.25, -0.2) is 0 Å². The second kappa shape index (κ2) is 8.13. The standard InChI is InChI=1S/C24H26N2O5/c1-15(16-4-6-20-17(11-16)3-2-8-29-20)25-24(28)18-12-23(27)26(14-18)19-5-7-21-22(13-19)31-10-9-30-21/h4-7,11,13,15,18H,2-3,8-10,12,14H2,1H3,(H,25,28)/t15-,18-/m1/s1. The summed E-state index contributed by atoms with van der Waals surface area (Å²) in [6.07, 6.45) is 2.20. The van der Waals surface area contributed by atoms with Gasteiger partial charge in [0.15, 0.2) is 11.5 Å². The van der Waals surface area contributed by atoms with Crippen LogP contribution in [0.5, 0.6) is 17.2 Å². The number of anilines is 1. The fourth-order valence-corrected chi connectivity index (χ4v) is 4.40. The number of hydrogen-bond acceptors (Lipinski definition) is 5. The van der Waals surface area contributed by atoms with Crippen molar-refractivity contribution in [3.63, 3.8) is 0 Å². The van der Waals surface area contributed by atoms with Crippen molar-refractivity contribution in [3.05, 3.63) is 47.5 Å².